The number of hydrogen-bond donors (Lipinski definition) is 1. The molecule has 0 fully saturated rings. The van der Waals surface area contributed by atoms with Gasteiger partial charge in [-0.05, 0) is 31.6 Å². The quantitative estimate of drug-likeness (QED) is 0.865. The first kappa shape index (κ1) is 15.1. The highest BCUT2D eigenvalue weighted by atomic mass is 16.1. The second-order valence-electron chi connectivity index (χ2n) is 5.63. The Morgan fingerprint density at radius 1 is 1.47 bits per heavy atom. The van der Waals surface area contributed by atoms with E-state index in [1.165, 1.54) is 6.20 Å². The molecular weight excluding hydrogens is 240 g/mol. The number of aromatic nitrogens is 1. The summed E-state index contributed by atoms with van der Waals surface area (Å²) in [5.41, 5.74) is 0.773. The number of carbonyl (C=O) groups is 1. The van der Waals surface area contributed by atoms with E-state index in [-0.39, 0.29) is 11.3 Å². The summed E-state index contributed by atoms with van der Waals surface area (Å²) in [5, 5.41) is 11.5. The molecular formula is C14H20N4O. The Hall–Kier alpha value is -1.93. The molecule has 1 rings (SSSR count). The number of amides is 1. The third-order valence-electron chi connectivity index (χ3n) is 2.60. The number of pyridine rings is 1. The molecule has 1 aromatic rings. The molecule has 1 N–H and O–H groups in total. The molecule has 0 aliphatic heterocycles. The van der Waals surface area contributed by atoms with Crippen LogP contribution in [0.15, 0.2) is 18.3 Å². The molecule has 0 unspecified atom stereocenters. The van der Waals surface area contributed by atoms with Gasteiger partial charge in [-0.25, -0.2) is 4.98 Å². The Labute approximate surface area is 114 Å². The number of rotatable bonds is 5. The van der Waals surface area contributed by atoms with Crippen molar-refractivity contribution < 1.29 is 4.79 Å². The van der Waals surface area contributed by atoms with Crippen molar-refractivity contribution in [3.8, 4) is 6.07 Å². The maximum Gasteiger partial charge on any atom is 0.269 e. The first-order valence-electron chi connectivity index (χ1n) is 6.13. The zero-order valence-corrected chi connectivity index (χ0v) is 11.9. The Bertz CT molecular complexity index is 471. The second-order valence-corrected chi connectivity index (χ2v) is 5.63. The first-order chi connectivity index (χ1) is 8.84. The molecule has 0 radical (unpaired) electrons. The van der Waals surface area contributed by atoms with Crippen molar-refractivity contribution in [1.82, 2.24) is 15.2 Å². The third-order valence-corrected chi connectivity index (χ3v) is 2.60. The first-order valence-corrected chi connectivity index (χ1v) is 6.13. The maximum atomic E-state index is 11.9. The van der Waals surface area contributed by atoms with E-state index in [0.29, 0.717) is 17.8 Å². The Kier molecular flexibility index (Phi) is 5.02. The molecule has 5 nitrogen and oxygen atoms in total. The van der Waals surface area contributed by atoms with E-state index in [0.717, 1.165) is 6.54 Å². The number of hydrogen-bond acceptors (Lipinski definition) is 4. The van der Waals surface area contributed by atoms with Crippen LogP contribution < -0.4 is 5.32 Å². The Morgan fingerprint density at radius 3 is 2.63 bits per heavy atom. The number of nitrogens with zero attached hydrogens (tertiary/aromatic N) is 3. The van der Waals surface area contributed by atoms with Crippen LogP contribution in [0.2, 0.25) is 0 Å². The predicted molar refractivity (Wildman–Crippen MR) is 73.6 cm³/mol. The van der Waals surface area contributed by atoms with Gasteiger partial charge in [0.25, 0.3) is 5.91 Å². The highest BCUT2D eigenvalue weighted by molar-refractivity contribution is 5.92. The van der Waals surface area contributed by atoms with Gasteiger partial charge in [-0.15, -0.1) is 0 Å². The molecule has 102 valence electrons. The Balaban J connectivity index is 2.58. The van der Waals surface area contributed by atoms with Crippen LogP contribution in [-0.4, -0.2) is 43.0 Å². The maximum absolute atomic E-state index is 11.9. The van der Waals surface area contributed by atoms with E-state index in [1.54, 1.807) is 12.1 Å². The van der Waals surface area contributed by atoms with Gasteiger partial charge in [-0.2, -0.15) is 5.26 Å². The highest BCUT2D eigenvalue weighted by Crippen LogP contribution is 2.14. The molecule has 0 aliphatic rings. The summed E-state index contributed by atoms with van der Waals surface area (Å²) >= 11 is 0. The fraction of sp³-hybridized carbons (Fsp3) is 0.500. The van der Waals surface area contributed by atoms with E-state index in [9.17, 15) is 4.79 Å². The van der Waals surface area contributed by atoms with Gasteiger partial charge in [0.15, 0.2) is 0 Å². The zero-order valence-electron chi connectivity index (χ0n) is 11.9. The molecule has 1 heterocycles. The second kappa shape index (κ2) is 6.30. The van der Waals surface area contributed by atoms with Crippen molar-refractivity contribution in [3.05, 3.63) is 29.6 Å². The van der Waals surface area contributed by atoms with Gasteiger partial charge in [0.1, 0.15) is 11.8 Å². The van der Waals surface area contributed by atoms with Crippen molar-refractivity contribution in [2.45, 2.75) is 13.8 Å². The molecule has 5 heteroatoms. The SMILES string of the molecule is CN(C)CC(C)(C)CNC(=O)c1ccc(C#N)cn1. The lowest BCUT2D eigenvalue weighted by Gasteiger charge is -2.28. The van der Waals surface area contributed by atoms with E-state index >= 15 is 0 Å². The fourth-order valence-corrected chi connectivity index (χ4v) is 1.92. The van der Waals surface area contributed by atoms with Crippen molar-refractivity contribution in [3.63, 3.8) is 0 Å². The topological polar surface area (TPSA) is 69.0 Å². The minimum absolute atomic E-state index is 0.00818. The lowest BCUT2D eigenvalue weighted by molar-refractivity contribution is 0.0924. The molecule has 0 saturated heterocycles. The van der Waals surface area contributed by atoms with E-state index < -0.39 is 0 Å². The largest absolute Gasteiger partial charge is 0.350 e. The van der Waals surface area contributed by atoms with Crippen LogP contribution in [0.3, 0.4) is 0 Å². The summed E-state index contributed by atoms with van der Waals surface area (Å²) in [6.45, 7) is 5.65. The predicted octanol–water partition coefficient (Wildman–Crippen LogP) is 1.27. The lowest BCUT2D eigenvalue weighted by Crippen LogP contribution is -2.40. The van der Waals surface area contributed by atoms with Gasteiger partial charge < -0.3 is 10.2 Å². The van der Waals surface area contributed by atoms with Crippen LogP contribution in [0, 0.1) is 16.7 Å². The van der Waals surface area contributed by atoms with Gasteiger partial charge in [0.2, 0.25) is 0 Å². The molecule has 1 amide bonds. The highest BCUT2D eigenvalue weighted by Gasteiger charge is 2.20. The van der Waals surface area contributed by atoms with Crippen LogP contribution >= 0.6 is 0 Å². The molecule has 19 heavy (non-hydrogen) atoms. The minimum Gasteiger partial charge on any atom is -0.350 e. The molecule has 0 bridgehead atoms. The number of nitrogens with one attached hydrogen (secondary N) is 1. The van der Waals surface area contributed by atoms with Gasteiger partial charge in [0.05, 0.1) is 5.56 Å². The average molecular weight is 260 g/mol. The summed E-state index contributed by atoms with van der Waals surface area (Å²) in [5.74, 6) is -0.212. The molecule has 0 aromatic carbocycles. The average Bonchev–Trinajstić information content (AvgIpc) is 2.34. The summed E-state index contributed by atoms with van der Waals surface area (Å²) in [7, 11) is 4.01. The lowest BCUT2D eigenvalue weighted by atomic mass is 9.93. The van der Waals surface area contributed by atoms with Crippen molar-refractivity contribution >= 4 is 5.91 Å². The van der Waals surface area contributed by atoms with Crippen LogP contribution in [0.5, 0.6) is 0 Å². The van der Waals surface area contributed by atoms with Gasteiger partial charge >= 0.3 is 0 Å². The minimum atomic E-state index is -0.212. The normalized spacial score (nSPS) is 11.2. The van der Waals surface area contributed by atoms with Crippen LogP contribution in [-0.2, 0) is 0 Å². The smallest absolute Gasteiger partial charge is 0.269 e. The molecule has 0 aliphatic carbocycles. The van der Waals surface area contributed by atoms with Crippen LogP contribution in [0.25, 0.3) is 0 Å². The van der Waals surface area contributed by atoms with Crippen molar-refractivity contribution in [1.29, 1.82) is 5.26 Å². The molecule has 0 atom stereocenters. The Morgan fingerprint density at radius 2 is 2.16 bits per heavy atom. The number of nitriles is 1. The summed E-state index contributed by atoms with van der Waals surface area (Å²) in [4.78, 5) is 18.0. The van der Waals surface area contributed by atoms with E-state index in [2.05, 4.69) is 29.0 Å². The molecule has 0 saturated carbocycles. The number of carbonyl (C=O) groups excluding carboxylic acids is 1. The standard InChI is InChI=1S/C14H20N4O/c1-14(2,10-18(3)4)9-17-13(19)12-6-5-11(7-15)8-16-12/h5-6,8H,9-10H2,1-4H3,(H,17,19). The van der Waals surface area contributed by atoms with Crippen molar-refractivity contribution in [2.24, 2.45) is 5.41 Å². The van der Waals surface area contributed by atoms with Gasteiger partial charge in [0, 0.05) is 19.3 Å². The van der Waals surface area contributed by atoms with Gasteiger partial charge in [-0.1, -0.05) is 13.8 Å². The van der Waals surface area contributed by atoms with Crippen LogP contribution in [0.1, 0.15) is 29.9 Å². The van der Waals surface area contributed by atoms with E-state index in [1.807, 2.05) is 20.2 Å². The van der Waals surface area contributed by atoms with Gasteiger partial charge in [-0.3, -0.25) is 4.79 Å². The summed E-state index contributed by atoms with van der Waals surface area (Å²) in [6, 6.07) is 5.12. The van der Waals surface area contributed by atoms with E-state index in [4.69, 9.17) is 5.26 Å². The van der Waals surface area contributed by atoms with Crippen LogP contribution in [0.4, 0.5) is 0 Å². The summed E-state index contributed by atoms with van der Waals surface area (Å²) in [6.07, 6.45) is 1.40. The third kappa shape index (κ3) is 5.06. The molecule has 0 spiro atoms. The molecule has 1 aromatic heterocycles. The monoisotopic (exact) mass is 260 g/mol. The zero-order chi connectivity index (χ0) is 14.5. The van der Waals surface area contributed by atoms with Crippen molar-refractivity contribution in [2.75, 3.05) is 27.2 Å². The summed E-state index contributed by atoms with van der Waals surface area (Å²) < 4.78 is 0. The fourth-order valence-electron chi connectivity index (χ4n) is 1.92.